The van der Waals surface area contributed by atoms with E-state index in [1.54, 1.807) is 5.57 Å². The summed E-state index contributed by atoms with van der Waals surface area (Å²) in [5.41, 5.74) is 3.10. The number of rotatable bonds is 3. The molecular weight excluding hydrogens is 208 g/mol. The highest BCUT2D eigenvalue weighted by Crippen LogP contribution is 2.44. The highest BCUT2D eigenvalue weighted by atomic mass is 16.3. The summed E-state index contributed by atoms with van der Waals surface area (Å²) in [6.45, 7) is 7.06. The zero-order valence-electron chi connectivity index (χ0n) is 11.7. The molecule has 0 heterocycles. The molecule has 0 amide bonds. The fourth-order valence-corrected chi connectivity index (χ4v) is 4.17. The molecule has 0 radical (unpaired) electrons. The smallest absolute Gasteiger partial charge is 0.0752 e. The van der Waals surface area contributed by atoms with Crippen molar-refractivity contribution < 1.29 is 5.11 Å². The molecule has 0 bridgehead atoms. The van der Waals surface area contributed by atoms with Crippen LogP contribution in [0.5, 0.6) is 0 Å². The summed E-state index contributed by atoms with van der Waals surface area (Å²) in [5.74, 6) is 2.38. The number of hydrogen-bond acceptors (Lipinski definition) is 1. The van der Waals surface area contributed by atoms with Crippen LogP contribution < -0.4 is 0 Å². The Morgan fingerprint density at radius 1 is 1.12 bits per heavy atom. The van der Waals surface area contributed by atoms with E-state index in [1.165, 1.54) is 44.1 Å². The van der Waals surface area contributed by atoms with Gasteiger partial charge in [-0.1, -0.05) is 32.8 Å². The highest BCUT2D eigenvalue weighted by molar-refractivity contribution is 5.26. The zero-order chi connectivity index (χ0) is 12.4. The first kappa shape index (κ1) is 13.1. The standard InChI is InChI=1S/C16H28O/c1-4-12(11(2)3)13-7-5-9-15-14(13)8-6-10-16(15)17/h11-13,16-17H,4-10H2,1-3H3/t12?,13-,16?/m0/s1. The first-order valence-corrected chi connectivity index (χ1v) is 7.55. The Bertz CT molecular complexity index is 290. The molecule has 2 rings (SSSR count). The van der Waals surface area contributed by atoms with Crippen molar-refractivity contribution in [3.63, 3.8) is 0 Å². The molecule has 0 saturated carbocycles. The number of allylic oxidation sites excluding steroid dienone is 1. The minimum atomic E-state index is -0.105. The van der Waals surface area contributed by atoms with Crippen LogP contribution in [0, 0.1) is 17.8 Å². The second kappa shape index (κ2) is 5.56. The van der Waals surface area contributed by atoms with Crippen molar-refractivity contribution in [2.75, 3.05) is 0 Å². The second-order valence-electron chi connectivity index (χ2n) is 6.27. The van der Waals surface area contributed by atoms with E-state index in [0.717, 1.165) is 24.2 Å². The fraction of sp³-hybridized carbons (Fsp3) is 0.875. The van der Waals surface area contributed by atoms with Crippen molar-refractivity contribution in [2.45, 2.75) is 71.8 Å². The lowest BCUT2D eigenvalue weighted by Gasteiger charge is -2.39. The molecule has 2 aliphatic carbocycles. The maximum Gasteiger partial charge on any atom is 0.0752 e. The molecule has 0 aromatic heterocycles. The normalized spacial score (nSPS) is 31.6. The summed E-state index contributed by atoms with van der Waals surface area (Å²) in [7, 11) is 0. The molecule has 0 saturated heterocycles. The highest BCUT2D eigenvalue weighted by Gasteiger charge is 2.33. The van der Waals surface area contributed by atoms with Gasteiger partial charge in [-0.05, 0) is 61.9 Å². The average Bonchev–Trinajstić information content (AvgIpc) is 2.31. The zero-order valence-corrected chi connectivity index (χ0v) is 11.7. The first-order chi connectivity index (χ1) is 8.15. The Morgan fingerprint density at radius 3 is 2.41 bits per heavy atom. The van der Waals surface area contributed by atoms with Gasteiger partial charge < -0.3 is 5.11 Å². The van der Waals surface area contributed by atoms with Gasteiger partial charge >= 0.3 is 0 Å². The van der Waals surface area contributed by atoms with Crippen LogP contribution in [-0.2, 0) is 0 Å². The van der Waals surface area contributed by atoms with Crippen molar-refractivity contribution in [2.24, 2.45) is 17.8 Å². The quantitative estimate of drug-likeness (QED) is 0.724. The van der Waals surface area contributed by atoms with Gasteiger partial charge in [0.25, 0.3) is 0 Å². The van der Waals surface area contributed by atoms with Gasteiger partial charge in [-0.15, -0.1) is 0 Å². The van der Waals surface area contributed by atoms with E-state index in [-0.39, 0.29) is 6.10 Å². The van der Waals surface area contributed by atoms with Crippen LogP contribution in [-0.4, -0.2) is 11.2 Å². The second-order valence-corrected chi connectivity index (χ2v) is 6.27. The Labute approximate surface area is 106 Å². The Kier molecular flexibility index (Phi) is 4.30. The van der Waals surface area contributed by atoms with Crippen LogP contribution in [0.2, 0.25) is 0 Å². The van der Waals surface area contributed by atoms with Gasteiger partial charge in [-0.3, -0.25) is 0 Å². The molecule has 1 N–H and O–H groups in total. The van der Waals surface area contributed by atoms with Crippen LogP contribution in [0.25, 0.3) is 0 Å². The molecule has 0 spiro atoms. The molecule has 1 nitrogen and oxygen atoms in total. The van der Waals surface area contributed by atoms with Crippen molar-refractivity contribution in [1.82, 2.24) is 0 Å². The first-order valence-electron chi connectivity index (χ1n) is 7.55. The lowest BCUT2D eigenvalue weighted by atomic mass is 9.67. The number of hydrogen-bond donors (Lipinski definition) is 1. The van der Waals surface area contributed by atoms with Gasteiger partial charge in [-0.2, -0.15) is 0 Å². The molecule has 2 aliphatic rings. The third-order valence-electron chi connectivity index (χ3n) is 4.99. The van der Waals surface area contributed by atoms with Crippen LogP contribution in [0.4, 0.5) is 0 Å². The van der Waals surface area contributed by atoms with Gasteiger partial charge in [0.1, 0.15) is 0 Å². The molecule has 98 valence electrons. The summed E-state index contributed by atoms with van der Waals surface area (Å²) in [6, 6.07) is 0. The topological polar surface area (TPSA) is 20.2 Å². The molecule has 0 fully saturated rings. The maximum atomic E-state index is 10.2. The number of aliphatic hydroxyl groups excluding tert-OH is 1. The van der Waals surface area contributed by atoms with E-state index in [0.29, 0.717) is 0 Å². The van der Waals surface area contributed by atoms with E-state index in [2.05, 4.69) is 20.8 Å². The number of aliphatic hydroxyl groups is 1. The van der Waals surface area contributed by atoms with Crippen molar-refractivity contribution in [3.8, 4) is 0 Å². The van der Waals surface area contributed by atoms with E-state index < -0.39 is 0 Å². The van der Waals surface area contributed by atoms with E-state index in [9.17, 15) is 5.11 Å². The molecule has 2 unspecified atom stereocenters. The Morgan fingerprint density at radius 2 is 1.76 bits per heavy atom. The predicted molar refractivity (Wildman–Crippen MR) is 72.8 cm³/mol. The van der Waals surface area contributed by atoms with Crippen molar-refractivity contribution >= 4 is 0 Å². The van der Waals surface area contributed by atoms with E-state index >= 15 is 0 Å². The fourth-order valence-electron chi connectivity index (χ4n) is 4.17. The van der Waals surface area contributed by atoms with Crippen LogP contribution in [0.15, 0.2) is 11.1 Å². The SMILES string of the molecule is CCC(C(C)C)[C@@H]1CCCC2=C1CCCC2O. The Balaban J connectivity index is 2.25. The van der Waals surface area contributed by atoms with Crippen molar-refractivity contribution in [3.05, 3.63) is 11.1 Å². The van der Waals surface area contributed by atoms with Crippen LogP contribution in [0.3, 0.4) is 0 Å². The van der Waals surface area contributed by atoms with E-state index in [1.807, 2.05) is 0 Å². The van der Waals surface area contributed by atoms with Crippen LogP contribution in [0.1, 0.15) is 65.7 Å². The lowest BCUT2D eigenvalue weighted by molar-refractivity contribution is 0.162. The molecule has 3 atom stereocenters. The summed E-state index contributed by atoms with van der Waals surface area (Å²) in [4.78, 5) is 0. The molecule has 0 aromatic carbocycles. The van der Waals surface area contributed by atoms with Gasteiger partial charge in [-0.25, -0.2) is 0 Å². The minimum Gasteiger partial charge on any atom is -0.389 e. The third-order valence-corrected chi connectivity index (χ3v) is 4.99. The summed E-state index contributed by atoms with van der Waals surface area (Å²) < 4.78 is 0. The van der Waals surface area contributed by atoms with Gasteiger partial charge in [0.2, 0.25) is 0 Å². The molecule has 1 heteroatoms. The lowest BCUT2D eigenvalue weighted by Crippen LogP contribution is -2.30. The van der Waals surface area contributed by atoms with Gasteiger partial charge in [0, 0.05) is 0 Å². The summed E-state index contributed by atoms with van der Waals surface area (Å²) >= 11 is 0. The van der Waals surface area contributed by atoms with Gasteiger partial charge in [0.05, 0.1) is 6.10 Å². The van der Waals surface area contributed by atoms with E-state index in [4.69, 9.17) is 0 Å². The molecular formula is C16H28O. The van der Waals surface area contributed by atoms with Gasteiger partial charge in [0.15, 0.2) is 0 Å². The third kappa shape index (κ3) is 2.59. The average molecular weight is 236 g/mol. The monoisotopic (exact) mass is 236 g/mol. The predicted octanol–water partition coefficient (Wildman–Crippen LogP) is 4.31. The van der Waals surface area contributed by atoms with Crippen LogP contribution >= 0.6 is 0 Å². The largest absolute Gasteiger partial charge is 0.389 e. The molecule has 17 heavy (non-hydrogen) atoms. The molecule has 0 aliphatic heterocycles. The minimum absolute atomic E-state index is 0.105. The molecule has 0 aromatic rings. The Hall–Kier alpha value is -0.300. The van der Waals surface area contributed by atoms with Crippen molar-refractivity contribution in [1.29, 1.82) is 0 Å². The summed E-state index contributed by atoms with van der Waals surface area (Å²) in [6.07, 6.45) is 8.48. The maximum absolute atomic E-state index is 10.2. The summed E-state index contributed by atoms with van der Waals surface area (Å²) in [5, 5.41) is 10.2.